The Morgan fingerprint density at radius 1 is 1.06 bits per heavy atom. The summed E-state index contributed by atoms with van der Waals surface area (Å²) in [5.41, 5.74) is 5.11. The van der Waals surface area contributed by atoms with E-state index in [0.717, 1.165) is 30.0 Å². The van der Waals surface area contributed by atoms with Crippen molar-refractivity contribution in [3.63, 3.8) is 0 Å². The summed E-state index contributed by atoms with van der Waals surface area (Å²) in [6.45, 7) is 0.985. The lowest BCUT2D eigenvalue weighted by Crippen LogP contribution is -2.40. The molecular formula is C26H28N4O4S. The molecule has 6 rings (SSSR count). The summed E-state index contributed by atoms with van der Waals surface area (Å²) in [5, 5.41) is 9.30. The number of carbonyl (C=O) groups excluding carboxylic acids is 1. The molecule has 0 unspecified atom stereocenters. The van der Waals surface area contributed by atoms with Crippen LogP contribution in [0.3, 0.4) is 0 Å². The second-order valence-corrected chi connectivity index (χ2v) is 10.2. The van der Waals surface area contributed by atoms with Crippen LogP contribution in [-0.4, -0.2) is 46.2 Å². The van der Waals surface area contributed by atoms with Crippen LogP contribution in [0.1, 0.15) is 65.8 Å². The number of thioether (sulfide) groups is 1. The Morgan fingerprint density at radius 2 is 1.86 bits per heavy atom. The lowest BCUT2D eigenvalue weighted by molar-refractivity contribution is 0.0978. The van der Waals surface area contributed by atoms with E-state index in [4.69, 9.17) is 14.2 Å². The van der Waals surface area contributed by atoms with Crippen molar-refractivity contribution in [2.45, 2.75) is 54.5 Å². The normalized spacial score (nSPS) is 21.6. The molecule has 2 aliphatic heterocycles. The van der Waals surface area contributed by atoms with Gasteiger partial charge in [0.1, 0.15) is 24.2 Å². The number of nitrogens with one attached hydrogen (secondary N) is 1. The lowest BCUT2D eigenvalue weighted by Gasteiger charge is -2.34. The maximum atomic E-state index is 13.9. The Hall–Kier alpha value is -3.20. The van der Waals surface area contributed by atoms with E-state index in [2.05, 4.69) is 15.6 Å². The SMILES string of the molecule is COc1ccccc1[C@@H]1Nn2c(nnc2C2CCCCC2)S[C@H]1C(=O)c1ccc2c(c1)OCCO2. The van der Waals surface area contributed by atoms with Gasteiger partial charge in [0.15, 0.2) is 23.1 Å². The average molecular weight is 493 g/mol. The fourth-order valence-electron chi connectivity index (χ4n) is 5.21. The van der Waals surface area contributed by atoms with Gasteiger partial charge in [0.05, 0.1) is 13.2 Å². The number of methoxy groups -OCH3 is 1. The molecule has 8 nitrogen and oxygen atoms in total. The quantitative estimate of drug-likeness (QED) is 0.511. The maximum Gasteiger partial charge on any atom is 0.210 e. The second-order valence-electron chi connectivity index (χ2n) is 9.12. The molecule has 1 N–H and O–H groups in total. The average Bonchev–Trinajstić information content (AvgIpc) is 3.35. The zero-order chi connectivity index (χ0) is 23.8. The van der Waals surface area contributed by atoms with Gasteiger partial charge in [-0.3, -0.25) is 4.79 Å². The Labute approximate surface area is 208 Å². The van der Waals surface area contributed by atoms with E-state index in [1.807, 2.05) is 41.1 Å². The smallest absolute Gasteiger partial charge is 0.210 e. The molecule has 2 aromatic carbocycles. The molecule has 1 fully saturated rings. The van der Waals surface area contributed by atoms with Crippen molar-refractivity contribution in [3.8, 4) is 17.2 Å². The number of Topliss-reactive ketones (excluding diaryl/α,β-unsaturated/α-hetero) is 1. The predicted octanol–water partition coefficient (Wildman–Crippen LogP) is 4.75. The third-order valence-corrected chi connectivity index (χ3v) is 8.21. The topological polar surface area (TPSA) is 87.5 Å². The molecule has 182 valence electrons. The summed E-state index contributed by atoms with van der Waals surface area (Å²) in [6.07, 6.45) is 5.92. The summed E-state index contributed by atoms with van der Waals surface area (Å²) in [4.78, 5) is 13.9. The summed E-state index contributed by atoms with van der Waals surface area (Å²) < 4.78 is 19.1. The minimum Gasteiger partial charge on any atom is -0.496 e. The Kier molecular flexibility index (Phi) is 6.01. The van der Waals surface area contributed by atoms with Gasteiger partial charge >= 0.3 is 0 Å². The van der Waals surface area contributed by atoms with E-state index >= 15 is 0 Å². The molecule has 0 bridgehead atoms. The first-order chi connectivity index (χ1) is 17.2. The number of benzene rings is 2. The summed E-state index contributed by atoms with van der Waals surface area (Å²) in [7, 11) is 1.66. The van der Waals surface area contributed by atoms with Crippen molar-refractivity contribution in [2.75, 3.05) is 25.7 Å². The van der Waals surface area contributed by atoms with Crippen LogP contribution >= 0.6 is 11.8 Å². The van der Waals surface area contributed by atoms with E-state index in [-0.39, 0.29) is 11.8 Å². The van der Waals surface area contributed by atoms with Crippen molar-refractivity contribution in [1.82, 2.24) is 14.9 Å². The number of ether oxygens (including phenoxy) is 3. The number of ketones is 1. The van der Waals surface area contributed by atoms with Crippen LogP contribution in [0.5, 0.6) is 17.2 Å². The van der Waals surface area contributed by atoms with E-state index in [1.165, 1.54) is 31.0 Å². The van der Waals surface area contributed by atoms with Crippen molar-refractivity contribution in [3.05, 3.63) is 59.4 Å². The monoisotopic (exact) mass is 492 g/mol. The first-order valence-electron chi connectivity index (χ1n) is 12.2. The Bertz CT molecular complexity index is 1240. The molecule has 3 aromatic rings. The van der Waals surface area contributed by atoms with E-state index in [0.29, 0.717) is 41.4 Å². The van der Waals surface area contributed by atoms with Crippen LogP contribution in [0.25, 0.3) is 0 Å². The van der Waals surface area contributed by atoms with Crippen molar-refractivity contribution >= 4 is 17.5 Å². The van der Waals surface area contributed by atoms with E-state index in [1.54, 1.807) is 13.2 Å². The highest BCUT2D eigenvalue weighted by molar-refractivity contribution is 8.00. The van der Waals surface area contributed by atoms with Crippen molar-refractivity contribution < 1.29 is 19.0 Å². The van der Waals surface area contributed by atoms with Crippen LogP contribution in [-0.2, 0) is 0 Å². The van der Waals surface area contributed by atoms with Gasteiger partial charge in [-0.15, -0.1) is 10.2 Å². The second kappa shape index (κ2) is 9.45. The van der Waals surface area contributed by atoms with E-state index in [9.17, 15) is 4.79 Å². The molecule has 3 heterocycles. The van der Waals surface area contributed by atoms with Crippen LogP contribution < -0.4 is 19.6 Å². The molecule has 0 radical (unpaired) electrons. The number of fused-ring (bicyclic) bond motifs is 2. The van der Waals surface area contributed by atoms with Gasteiger partial charge < -0.3 is 19.6 Å². The van der Waals surface area contributed by atoms with Crippen LogP contribution in [0.2, 0.25) is 0 Å². The standard InChI is InChI=1S/C26H28N4O4S/c1-32-19-10-6-5-9-18(19)22-24(23(31)17-11-12-20-21(15-17)34-14-13-33-20)35-26-28-27-25(30(26)29-22)16-7-3-2-4-8-16/h5-6,9-12,15-16,22,24,29H,2-4,7-8,13-14H2,1H3/t22-,24+/m0/s1. The van der Waals surface area contributed by atoms with Gasteiger partial charge in [-0.2, -0.15) is 0 Å². The zero-order valence-electron chi connectivity index (χ0n) is 19.6. The highest BCUT2D eigenvalue weighted by atomic mass is 32.2. The van der Waals surface area contributed by atoms with Gasteiger partial charge in [-0.25, -0.2) is 4.68 Å². The number of hydrogen-bond acceptors (Lipinski definition) is 8. The fourth-order valence-corrected chi connectivity index (χ4v) is 6.37. The van der Waals surface area contributed by atoms with Gasteiger partial charge in [0.25, 0.3) is 0 Å². The minimum atomic E-state index is -0.468. The first kappa shape index (κ1) is 22.3. The largest absolute Gasteiger partial charge is 0.496 e. The van der Waals surface area contributed by atoms with Crippen molar-refractivity contribution in [1.29, 1.82) is 0 Å². The van der Waals surface area contributed by atoms with Gasteiger partial charge in [-0.1, -0.05) is 49.2 Å². The molecule has 0 spiro atoms. The molecule has 1 saturated carbocycles. The van der Waals surface area contributed by atoms with Crippen LogP contribution in [0, 0.1) is 0 Å². The number of aromatic nitrogens is 3. The molecule has 3 aliphatic rings. The molecule has 35 heavy (non-hydrogen) atoms. The number of para-hydroxylation sites is 1. The molecule has 1 aromatic heterocycles. The molecule has 0 amide bonds. The van der Waals surface area contributed by atoms with Crippen LogP contribution in [0.4, 0.5) is 0 Å². The first-order valence-corrected chi connectivity index (χ1v) is 13.1. The zero-order valence-corrected chi connectivity index (χ0v) is 20.4. The number of rotatable bonds is 5. The summed E-state index contributed by atoms with van der Waals surface area (Å²) in [6, 6.07) is 12.9. The lowest BCUT2D eigenvalue weighted by atomic mass is 9.89. The molecule has 2 atom stereocenters. The highest BCUT2D eigenvalue weighted by Gasteiger charge is 2.40. The van der Waals surface area contributed by atoms with Gasteiger partial charge in [0, 0.05) is 17.0 Å². The van der Waals surface area contributed by atoms with Crippen LogP contribution in [0.15, 0.2) is 47.6 Å². The third kappa shape index (κ3) is 4.11. The Balaban J connectivity index is 1.39. The fraction of sp³-hybridized carbons (Fsp3) is 0.423. The molecule has 0 saturated heterocycles. The van der Waals surface area contributed by atoms with E-state index < -0.39 is 5.25 Å². The summed E-state index contributed by atoms with van der Waals surface area (Å²) in [5.74, 6) is 3.33. The number of nitrogens with zero attached hydrogens (tertiary/aromatic N) is 3. The molecule has 9 heteroatoms. The van der Waals surface area contributed by atoms with Gasteiger partial charge in [-0.05, 0) is 37.1 Å². The predicted molar refractivity (Wildman–Crippen MR) is 132 cm³/mol. The third-order valence-electron chi connectivity index (χ3n) is 6.99. The molecule has 1 aliphatic carbocycles. The maximum absolute atomic E-state index is 13.9. The number of carbonyl (C=O) groups is 1. The van der Waals surface area contributed by atoms with Crippen molar-refractivity contribution in [2.24, 2.45) is 0 Å². The van der Waals surface area contributed by atoms with Gasteiger partial charge in [0.2, 0.25) is 5.16 Å². The number of hydrogen-bond donors (Lipinski definition) is 1. The summed E-state index contributed by atoms with van der Waals surface area (Å²) >= 11 is 1.45. The highest BCUT2D eigenvalue weighted by Crippen LogP contribution is 2.43. The molecular weight excluding hydrogens is 464 g/mol. The minimum absolute atomic E-state index is 0.0103. The Morgan fingerprint density at radius 3 is 2.69 bits per heavy atom.